The van der Waals surface area contributed by atoms with Gasteiger partial charge in [-0.05, 0) is 0 Å². The van der Waals surface area contributed by atoms with E-state index in [0.29, 0.717) is 0 Å². The number of nitrogens with zero attached hydrogens (tertiary/aromatic N) is 1. The van der Waals surface area contributed by atoms with Crippen molar-refractivity contribution in [3.8, 4) is 11.8 Å². The van der Waals surface area contributed by atoms with Crippen molar-refractivity contribution in [1.29, 1.82) is 0 Å². The Morgan fingerprint density at radius 1 is 1.67 bits per heavy atom. The van der Waals surface area contributed by atoms with Crippen molar-refractivity contribution in [2.45, 2.75) is 6.92 Å². The van der Waals surface area contributed by atoms with Gasteiger partial charge in [0.15, 0.2) is 0 Å². The van der Waals surface area contributed by atoms with E-state index in [1.807, 2.05) is 18.1 Å². The molecule has 0 saturated heterocycles. The first-order chi connectivity index (χ1) is 4.43. The normalized spacial score (nSPS) is 7.22. The summed E-state index contributed by atoms with van der Waals surface area (Å²) in [6.45, 7) is 1.80. The van der Waals surface area contributed by atoms with Gasteiger partial charge in [0.05, 0.1) is 0 Å². The van der Waals surface area contributed by atoms with E-state index < -0.39 is 0 Å². The third-order valence-electron chi connectivity index (χ3n) is 0.918. The average molecular weight is 115 g/mol. The van der Waals surface area contributed by atoms with Crippen molar-refractivity contribution in [3.05, 3.63) is 23.8 Å². The van der Waals surface area contributed by atoms with Gasteiger partial charge in [-0.25, -0.2) is 0 Å². The SMILES string of the molecule is CC#Cc1cccbn1. The molecule has 0 radical (unpaired) electrons. The molecule has 0 N–H and O–H groups in total. The molecule has 9 heavy (non-hydrogen) atoms. The minimum absolute atomic E-state index is 0.833. The molecule has 0 atom stereocenters. The van der Waals surface area contributed by atoms with Crippen LogP contribution < -0.4 is 0 Å². The van der Waals surface area contributed by atoms with Gasteiger partial charge in [-0.15, -0.1) is 0 Å². The van der Waals surface area contributed by atoms with E-state index in [4.69, 9.17) is 0 Å². The maximum atomic E-state index is 3.99. The molecule has 1 nitrogen and oxygen atoms in total. The zero-order valence-corrected chi connectivity index (χ0v) is 5.26. The molecule has 0 unspecified atom stereocenters. The van der Waals surface area contributed by atoms with Crippen molar-refractivity contribution in [2.75, 3.05) is 0 Å². The van der Waals surface area contributed by atoms with E-state index in [1.165, 1.54) is 0 Å². The van der Waals surface area contributed by atoms with Crippen molar-refractivity contribution in [3.63, 3.8) is 0 Å². The van der Waals surface area contributed by atoms with Gasteiger partial charge in [0.1, 0.15) is 0 Å². The minimum atomic E-state index is 0.833. The van der Waals surface area contributed by atoms with Crippen molar-refractivity contribution in [2.24, 2.45) is 0 Å². The molecule has 1 aromatic heterocycles. The van der Waals surface area contributed by atoms with Crippen molar-refractivity contribution >= 4 is 7.05 Å². The molecule has 1 heterocycles. The molecular formula is C7H6BN. The number of aromatic nitrogens is 1. The third-order valence-corrected chi connectivity index (χ3v) is 0.918. The molecule has 0 spiro atoms. The van der Waals surface area contributed by atoms with Gasteiger partial charge in [0, 0.05) is 0 Å². The van der Waals surface area contributed by atoms with Crippen LogP contribution in [0.25, 0.3) is 0 Å². The molecule has 0 fully saturated rings. The molecule has 42 valence electrons. The van der Waals surface area contributed by atoms with Crippen LogP contribution in [0.15, 0.2) is 18.1 Å². The fraction of sp³-hybridized carbons (Fsp3) is 0.143. The first kappa shape index (κ1) is 6.03. The maximum absolute atomic E-state index is 3.99. The molecular weight excluding hydrogens is 109 g/mol. The monoisotopic (exact) mass is 115 g/mol. The van der Waals surface area contributed by atoms with Gasteiger partial charge in [0.2, 0.25) is 0 Å². The quantitative estimate of drug-likeness (QED) is 0.455. The summed E-state index contributed by atoms with van der Waals surface area (Å²) >= 11 is 0. The van der Waals surface area contributed by atoms with Crippen LogP contribution in [0.4, 0.5) is 0 Å². The molecule has 0 aliphatic rings. The molecule has 0 aliphatic heterocycles. The van der Waals surface area contributed by atoms with Crippen LogP contribution in [0.3, 0.4) is 0 Å². The van der Waals surface area contributed by atoms with Crippen molar-refractivity contribution < 1.29 is 0 Å². The Morgan fingerprint density at radius 3 is 3.11 bits per heavy atom. The van der Waals surface area contributed by atoms with Gasteiger partial charge < -0.3 is 0 Å². The average Bonchev–Trinajstić information content (AvgIpc) is 1.91. The van der Waals surface area contributed by atoms with E-state index in [1.54, 1.807) is 14.0 Å². The Kier molecular flexibility index (Phi) is 2.03. The fourth-order valence-corrected chi connectivity index (χ4v) is 0.565. The van der Waals surface area contributed by atoms with Crippen molar-refractivity contribution in [1.82, 2.24) is 4.89 Å². The predicted molar refractivity (Wildman–Crippen MR) is 38.1 cm³/mol. The molecule has 0 aliphatic carbocycles. The second-order valence-corrected chi connectivity index (χ2v) is 1.59. The standard InChI is InChI=1S/C7H6BN/c1-2-4-7-5-3-6-8-9-7/h3,5-6H,1H3. The van der Waals surface area contributed by atoms with Gasteiger partial charge in [0.25, 0.3) is 0 Å². The summed E-state index contributed by atoms with van der Waals surface area (Å²) in [5, 5.41) is 0. The second kappa shape index (κ2) is 3.04. The summed E-state index contributed by atoms with van der Waals surface area (Å²) in [7, 11) is 1.74. The zero-order chi connectivity index (χ0) is 6.53. The molecule has 2 heteroatoms. The fourth-order valence-electron chi connectivity index (χ4n) is 0.565. The van der Waals surface area contributed by atoms with Gasteiger partial charge >= 0.3 is 54.5 Å². The number of hydrogen-bond acceptors (Lipinski definition) is 1. The number of rotatable bonds is 0. The summed E-state index contributed by atoms with van der Waals surface area (Å²) in [5.74, 6) is 7.49. The number of hydrogen-bond donors (Lipinski definition) is 0. The van der Waals surface area contributed by atoms with Gasteiger partial charge in [-0.2, -0.15) is 0 Å². The first-order valence-corrected chi connectivity index (χ1v) is 2.77. The Hall–Kier alpha value is -1.10. The van der Waals surface area contributed by atoms with Gasteiger partial charge in [-0.1, -0.05) is 0 Å². The van der Waals surface area contributed by atoms with Crippen LogP contribution in [0.1, 0.15) is 12.6 Å². The molecule has 0 amide bonds. The van der Waals surface area contributed by atoms with E-state index in [0.717, 1.165) is 5.69 Å². The first-order valence-electron chi connectivity index (χ1n) is 2.77. The summed E-state index contributed by atoms with van der Waals surface area (Å²) in [5.41, 5.74) is 0.833. The summed E-state index contributed by atoms with van der Waals surface area (Å²) in [6, 6.07) is 3.81. The van der Waals surface area contributed by atoms with E-state index >= 15 is 0 Å². The van der Waals surface area contributed by atoms with Gasteiger partial charge in [-0.3, -0.25) is 0 Å². The van der Waals surface area contributed by atoms with Crippen LogP contribution in [0.5, 0.6) is 0 Å². The zero-order valence-electron chi connectivity index (χ0n) is 5.26. The van der Waals surface area contributed by atoms with Crippen LogP contribution in [0, 0.1) is 11.8 Å². The Balaban J connectivity index is 2.94. The van der Waals surface area contributed by atoms with E-state index in [2.05, 4.69) is 16.7 Å². The molecule has 0 aromatic carbocycles. The Bertz CT molecular complexity index is 232. The summed E-state index contributed by atoms with van der Waals surface area (Å²) in [4.78, 5) is 3.99. The second-order valence-electron chi connectivity index (χ2n) is 1.59. The molecule has 0 saturated carbocycles. The van der Waals surface area contributed by atoms with Crippen LogP contribution in [0.2, 0.25) is 0 Å². The van der Waals surface area contributed by atoms with Crippen LogP contribution in [-0.2, 0) is 0 Å². The Morgan fingerprint density at radius 2 is 2.56 bits per heavy atom. The summed E-state index contributed by atoms with van der Waals surface area (Å²) < 4.78 is 0. The molecule has 1 rings (SSSR count). The van der Waals surface area contributed by atoms with E-state index in [9.17, 15) is 0 Å². The Labute approximate surface area is 55.4 Å². The topological polar surface area (TPSA) is 12.9 Å². The molecule has 1 aromatic rings. The van der Waals surface area contributed by atoms with E-state index in [-0.39, 0.29) is 0 Å². The van der Waals surface area contributed by atoms with Crippen LogP contribution in [-0.4, -0.2) is 11.9 Å². The predicted octanol–water partition coefficient (Wildman–Crippen LogP) is 0.791. The molecule has 0 bridgehead atoms. The van der Waals surface area contributed by atoms with Crippen LogP contribution >= 0.6 is 0 Å². The summed E-state index contributed by atoms with van der Waals surface area (Å²) in [6.07, 6.45) is 0. The third kappa shape index (κ3) is 1.69.